The van der Waals surface area contributed by atoms with Gasteiger partial charge >= 0.3 is 0 Å². The van der Waals surface area contributed by atoms with Gasteiger partial charge in [-0.05, 0) is 48.1 Å². The van der Waals surface area contributed by atoms with Gasteiger partial charge in [0.1, 0.15) is 5.75 Å². The maximum absolute atomic E-state index is 12.8. The van der Waals surface area contributed by atoms with Crippen LogP contribution in [0.25, 0.3) is 0 Å². The summed E-state index contributed by atoms with van der Waals surface area (Å²) >= 11 is 4.68. The van der Waals surface area contributed by atoms with E-state index in [0.29, 0.717) is 5.75 Å². The Morgan fingerprint density at radius 1 is 1.13 bits per heavy atom. The van der Waals surface area contributed by atoms with Crippen molar-refractivity contribution < 1.29 is 9.53 Å². The van der Waals surface area contributed by atoms with Gasteiger partial charge in [-0.2, -0.15) is 0 Å². The quantitative estimate of drug-likeness (QED) is 0.406. The van der Waals surface area contributed by atoms with Crippen LogP contribution >= 0.6 is 34.9 Å². The molecule has 0 radical (unpaired) electrons. The molecule has 2 aromatic carbocycles. The van der Waals surface area contributed by atoms with Crippen molar-refractivity contribution in [1.82, 2.24) is 15.1 Å². The number of carbonyl (C=O) groups is 1. The smallest absolute Gasteiger partial charge is 0.233 e. The molecule has 0 N–H and O–H groups in total. The summed E-state index contributed by atoms with van der Waals surface area (Å²) in [6, 6.07) is 16.7. The van der Waals surface area contributed by atoms with Crippen LogP contribution in [0.1, 0.15) is 35.6 Å². The number of methoxy groups -OCH3 is 1. The Morgan fingerprint density at radius 2 is 1.87 bits per heavy atom. The lowest BCUT2D eigenvalue weighted by Gasteiger charge is -2.33. The van der Waals surface area contributed by atoms with E-state index < -0.39 is 0 Å². The van der Waals surface area contributed by atoms with Crippen molar-refractivity contribution >= 4 is 40.8 Å². The molecule has 1 atom stereocenters. The molecule has 4 rings (SSSR count). The SMILES string of the molecule is COc1ccc(CSc2nnc(SCC(=O)N(C)C3CCCc4ccccc43)s2)cc1. The number of aryl methyl sites for hydroxylation is 1. The lowest BCUT2D eigenvalue weighted by atomic mass is 9.87. The van der Waals surface area contributed by atoms with Crippen LogP contribution in [0.2, 0.25) is 0 Å². The number of nitrogens with zero attached hydrogens (tertiary/aromatic N) is 3. The summed E-state index contributed by atoms with van der Waals surface area (Å²) in [4.78, 5) is 14.7. The molecule has 1 aliphatic carbocycles. The summed E-state index contributed by atoms with van der Waals surface area (Å²) in [6.45, 7) is 0. The van der Waals surface area contributed by atoms with Gasteiger partial charge in [0.05, 0.1) is 18.9 Å². The van der Waals surface area contributed by atoms with Crippen LogP contribution in [0.5, 0.6) is 5.75 Å². The fourth-order valence-corrected chi connectivity index (χ4v) is 6.61. The van der Waals surface area contributed by atoms with Gasteiger partial charge in [0, 0.05) is 12.8 Å². The molecular weight excluding hydrogens is 446 g/mol. The average molecular weight is 472 g/mol. The largest absolute Gasteiger partial charge is 0.497 e. The predicted molar refractivity (Wildman–Crippen MR) is 128 cm³/mol. The number of thioether (sulfide) groups is 2. The van der Waals surface area contributed by atoms with Gasteiger partial charge in [-0.15, -0.1) is 10.2 Å². The minimum Gasteiger partial charge on any atom is -0.497 e. The number of amides is 1. The van der Waals surface area contributed by atoms with Gasteiger partial charge in [0.25, 0.3) is 0 Å². The third-order valence-corrected chi connectivity index (χ3v) is 8.67. The molecule has 0 saturated heterocycles. The molecule has 0 fully saturated rings. The highest BCUT2D eigenvalue weighted by Gasteiger charge is 2.26. The lowest BCUT2D eigenvalue weighted by Crippen LogP contribution is -2.34. The lowest BCUT2D eigenvalue weighted by molar-refractivity contribution is -0.129. The summed E-state index contributed by atoms with van der Waals surface area (Å²) in [5, 5.41) is 8.52. The third kappa shape index (κ3) is 5.61. The van der Waals surface area contributed by atoms with Gasteiger partial charge in [-0.1, -0.05) is 71.3 Å². The highest BCUT2D eigenvalue weighted by Crippen LogP contribution is 2.35. The van der Waals surface area contributed by atoms with Gasteiger partial charge in [-0.3, -0.25) is 4.79 Å². The van der Waals surface area contributed by atoms with Gasteiger partial charge in [-0.25, -0.2) is 0 Å². The molecular formula is C23H25N3O2S3. The van der Waals surface area contributed by atoms with Crippen molar-refractivity contribution in [3.05, 3.63) is 65.2 Å². The summed E-state index contributed by atoms with van der Waals surface area (Å²) < 4.78 is 6.95. The zero-order chi connectivity index (χ0) is 21.6. The maximum Gasteiger partial charge on any atom is 0.233 e. The molecule has 162 valence electrons. The molecule has 1 aromatic heterocycles. The van der Waals surface area contributed by atoms with E-state index in [9.17, 15) is 4.79 Å². The summed E-state index contributed by atoms with van der Waals surface area (Å²) in [5.41, 5.74) is 3.87. The number of hydrogen-bond donors (Lipinski definition) is 0. The number of benzene rings is 2. The van der Waals surface area contributed by atoms with Gasteiger partial charge in [0.2, 0.25) is 5.91 Å². The van der Waals surface area contributed by atoms with Crippen molar-refractivity contribution in [2.75, 3.05) is 19.9 Å². The molecule has 31 heavy (non-hydrogen) atoms. The fourth-order valence-electron chi connectivity index (χ4n) is 3.71. The number of carbonyl (C=O) groups excluding carboxylic acids is 1. The summed E-state index contributed by atoms with van der Waals surface area (Å²) in [7, 11) is 3.59. The van der Waals surface area contributed by atoms with E-state index in [1.807, 2.05) is 24.1 Å². The van der Waals surface area contributed by atoms with Crippen LogP contribution in [-0.2, 0) is 17.0 Å². The molecule has 0 saturated carbocycles. The first-order valence-electron chi connectivity index (χ1n) is 10.2. The van der Waals surface area contributed by atoms with Crippen molar-refractivity contribution in [3.8, 4) is 5.75 Å². The number of ether oxygens (including phenoxy) is 1. The molecule has 0 aliphatic heterocycles. The maximum atomic E-state index is 12.8. The molecule has 1 amide bonds. The standard InChI is InChI=1S/C23H25N3O2S3/c1-26(20-9-5-7-17-6-3-4-8-19(17)20)21(27)15-30-23-25-24-22(31-23)29-14-16-10-12-18(28-2)13-11-16/h3-4,6,8,10-13,20H,5,7,9,14-15H2,1-2H3. The van der Waals surface area contributed by atoms with Crippen LogP contribution in [0, 0.1) is 0 Å². The Balaban J connectivity index is 1.28. The first-order valence-corrected chi connectivity index (χ1v) is 13.0. The van der Waals surface area contributed by atoms with Crippen molar-refractivity contribution in [2.24, 2.45) is 0 Å². The second-order valence-corrected chi connectivity index (χ2v) is 10.8. The minimum absolute atomic E-state index is 0.134. The Morgan fingerprint density at radius 3 is 2.65 bits per heavy atom. The average Bonchev–Trinajstić information content (AvgIpc) is 3.28. The minimum atomic E-state index is 0.134. The van der Waals surface area contributed by atoms with Crippen LogP contribution in [0.15, 0.2) is 57.2 Å². The molecule has 0 spiro atoms. The summed E-state index contributed by atoms with van der Waals surface area (Å²) in [6.07, 6.45) is 3.25. The Labute approximate surface area is 195 Å². The summed E-state index contributed by atoms with van der Waals surface area (Å²) in [5.74, 6) is 2.20. The number of aromatic nitrogens is 2. The van der Waals surface area contributed by atoms with Crippen LogP contribution in [0.3, 0.4) is 0 Å². The third-order valence-electron chi connectivity index (χ3n) is 5.43. The van der Waals surface area contributed by atoms with E-state index >= 15 is 0 Å². The topological polar surface area (TPSA) is 55.3 Å². The van der Waals surface area contributed by atoms with E-state index in [1.165, 1.54) is 28.5 Å². The highest BCUT2D eigenvalue weighted by atomic mass is 32.2. The van der Waals surface area contributed by atoms with Gasteiger partial charge < -0.3 is 9.64 Å². The van der Waals surface area contributed by atoms with Crippen molar-refractivity contribution in [3.63, 3.8) is 0 Å². The van der Waals surface area contributed by atoms with Crippen molar-refractivity contribution in [2.45, 2.75) is 39.7 Å². The molecule has 1 heterocycles. The number of rotatable bonds is 8. The molecule has 5 nitrogen and oxygen atoms in total. The second kappa shape index (κ2) is 10.5. The molecule has 3 aromatic rings. The highest BCUT2D eigenvalue weighted by molar-refractivity contribution is 8.03. The molecule has 0 bridgehead atoms. The number of hydrogen-bond acceptors (Lipinski definition) is 7. The van der Waals surface area contributed by atoms with E-state index in [1.54, 1.807) is 30.2 Å². The first-order chi connectivity index (χ1) is 15.1. The molecule has 8 heteroatoms. The normalized spacial score (nSPS) is 15.4. The van der Waals surface area contributed by atoms with Crippen LogP contribution in [0.4, 0.5) is 0 Å². The Bertz CT molecular complexity index is 1020. The Kier molecular flexibility index (Phi) is 7.53. The van der Waals surface area contributed by atoms with Crippen molar-refractivity contribution in [1.29, 1.82) is 0 Å². The zero-order valence-corrected chi connectivity index (χ0v) is 20.1. The number of fused-ring (bicyclic) bond motifs is 1. The molecule has 1 unspecified atom stereocenters. The predicted octanol–water partition coefficient (Wildman–Crippen LogP) is 5.47. The van der Waals surface area contributed by atoms with Crippen LogP contribution in [-0.4, -0.2) is 40.9 Å². The van der Waals surface area contributed by atoms with E-state index in [-0.39, 0.29) is 11.9 Å². The monoisotopic (exact) mass is 471 g/mol. The molecule has 1 aliphatic rings. The van der Waals surface area contributed by atoms with E-state index in [4.69, 9.17) is 4.74 Å². The zero-order valence-electron chi connectivity index (χ0n) is 17.6. The first kappa shape index (κ1) is 22.2. The second-order valence-electron chi connectivity index (χ2n) is 7.37. The van der Waals surface area contributed by atoms with Crippen LogP contribution < -0.4 is 4.74 Å². The fraction of sp³-hybridized carbons (Fsp3) is 0.348. The van der Waals surface area contributed by atoms with E-state index in [0.717, 1.165) is 39.4 Å². The Hall–Kier alpha value is -2.03. The van der Waals surface area contributed by atoms with Gasteiger partial charge in [0.15, 0.2) is 8.68 Å². The van der Waals surface area contributed by atoms with E-state index in [2.05, 4.69) is 46.6 Å².